The van der Waals surface area contributed by atoms with E-state index in [9.17, 15) is 0 Å². The molecule has 2 aromatic heterocycles. The molecule has 1 aliphatic heterocycles. The van der Waals surface area contributed by atoms with Crippen LogP contribution in [-0.2, 0) is 4.74 Å². The van der Waals surface area contributed by atoms with Crippen molar-refractivity contribution in [1.29, 1.82) is 0 Å². The van der Waals surface area contributed by atoms with Gasteiger partial charge < -0.3 is 25.1 Å². The molecule has 174 valence electrons. The molecule has 8 nitrogen and oxygen atoms in total. The van der Waals surface area contributed by atoms with Crippen LogP contribution >= 0.6 is 0 Å². The van der Waals surface area contributed by atoms with Crippen molar-refractivity contribution in [2.24, 2.45) is 11.7 Å². The van der Waals surface area contributed by atoms with Crippen molar-refractivity contribution < 1.29 is 9.47 Å². The molecule has 4 aromatic rings. The monoisotopic (exact) mass is 448 g/mol. The maximum Gasteiger partial charge on any atom is 0.159 e. The summed E-state index contributed by atoms with van der Waals surface area (Å²) in [4.78, 5) is 10.7. The van der Waals surface area contributed by atoms with Crippen molar-refractivity contribution in [3.8, 4) is 17.3 Å². The molecule has 0 amide bonds. The van der Waals surface area contributed by atoms with Crippen LogP contribution in [0.5, 0.6) is 5.75 Å². The molecule has 8 heteroatoms. The van der Waals surface area contributed by atoms with Gasteiger partial charge in [0.05, 0.1) is 36.4 Å². The maximum atomic E-state index is 6.32. The number of anilines is 1. The van der Waals surface area contributed by atoms with Crippen LogP contribution in [0.2, 0.25) is 0 Å². The Bertz CT molecular complexity index is 1260. The number of benzene rings is 2. The van der Waals surface area contributed by atoms with Crippen molar-refractivity contribution >= 4 is 27.6 Å². The second-order valence-corrected chi connectivity index (χ2v) is 9.37. The molecular weight excluding hydrogens is 416 g/mol. The largest absolute Gasteiger partial charge is 0.497 e. The Morgan fingerprint density at radius 2 is 2.06 bits per heavy atom. The van der Waals surface area contributed by atoms with E-state index in [4.69, 9.17) is 20.2 Å². The SMILES string of the molecule is COc1ccc2[nH]nc(-c3nc4ccc(N5CC(CC(N)C(C)C)OCC5C)cc4[nH]3)c2c1. The minimum Gasteiger partial charge on any atom is -0.497 e. The average molecular weight is 449 g/mol. The third kappa shape index (κ3) is 4.16. The van der Waals surface area contributed by atoms with Crippen LogP contribution in [0.3, 0.4) is 0 Å². The van der Waals surface area contributed by atoms with Crippen LogP contribution in [0, 0.1) is 5.92 Å². The molecule has 0 radical (unpaired) electrons. The molecule has 4 N–H and O–H groups in total. The molecule has 3 atom stereocenters. The number of imidazole rings is 1. The molecule has 3 heterocycles. The minimum atomic E-state index is 0.136. The molecule has 0 aliphatic carbocycles. The van der Waals surface area contributed by atoms with E-state index >= 15 is 0 Å². The van der Waals surface area contributed by atoms with E-state index in [0.29, 0.717) is 18.6 Å². The van der Waals surface area contributed by atoms with Gasteiger partial charge in [-0.1, -0.05) is 13.8 Å². The normalized spacial score (nSPS) is 20.1. The molecule has 1 aliphatic rings. The predicted octanol–water partition coefficient (Wildman–Crippen LogP) is 4.08. The van der Waals surface area contributed by atoms with E-state index in [1.165, 1.54) is 0 Å². The predicted molar refractivity (Wildman–Crippen MR) is 132 cm³/mol. The number of nitrogens with two attached hydrogens (primary N) is 1. The van der Waals surface area contributed by atoms with Gasteiger partial charge in [-0.2, -0.15) is 5.10 Å². The molecule has 0 bridgehead atoms. The zero-order valence-electron chi connectivity index (χ0n) is 19.6. The number of morpholine rings is 1. The number of hydrogen-bond acceptors (Lipinski definition) is 6. The van der Waals surface area contributed by atoms with Crippen LogP contribution in [0.4, 0.5) is 5.69 Å². The van der Waals surface area contributed by atoms with Crippen LogP contribution < -0.4 is 15.4 Å². The van der Waals surface area contributed by atoms with Crippen LogP contribution in [0.15, 0.2) is 36.4 Å². The Labute approximate surface area is 193 Å². The van der Waals surface area contributed by atoms with Crippen molar-refractivity contribution in [2.75, 3.05) is 25.2 Å². The van der Waals surface area contributed by atoms with E-state index < -0.39 is 0 Å². The summed E-state index contributed by atoms with van der Waals surface area (Å²) in [6.07, 6.45) is 1.00. The lowest BCUT2D eigenvalue weighted by molar-refractivity contribution is 0.0116. The number of ether oxygens (including phenoxy) is 2. The highest BCUT2D eigenvalue weighted by atomic mass is 16.5. The Kier molecular flexibility index (Phi) is 5.72. The number of hydrogen-bond donors (Lipinski definition) is 3. The third-order valence-electron chi connectivity index (χ3n) is 6.69. The van der Waals surface area contributed by atoms with Gasteiger partial charge >= 0.3 is 0 Å². The lowest BCUT2D eigenvalue weighted by Crippen LogP contribution is -2.50. The van der Waals surface area contributed by atoms with E-state index in [1.807, 2.05) is 18.2 Å². The van der Waals surface area contributed by atoms with Gasteiger partial charge in [0, 0.05) is 29.7 Å². The van der Waals surface area contributed by atoms with E-state index in [0.717, 1.165) is 57.9 Å². The number of rotatable bonds is 6. The Hall–Kier alpha value is -3.10. The van der Waals surface area contributed by atoms with Crippen LogP contribution in [0.25, 0.3) is 33.5 Å². The summed E-state index contributed by atoms with van der Waals surface area (Å²) >= 11 is 0. The Balaban J connectivity index is 1.44. The fraction of sp³-hybridized carbons (Fsp3) is 0.440. The van der Waals surface area contributed by atoms with Crippen molar-refractivity contribution in [2.45, 2.75) is 45.4 Å². The Morgan fingerprint density at radius 1 is 1.21 bits per heavy atom. The summed E-state index contributed by atoms with van der Waals surface area (Å²) in [6.45, 7) is 8.05. The molecule has 5 rings (SSSR count). The fourth-order valence-corrected chi connectivity index (χ4v) is 4.48. The highest BCUT2D eigenvalue weighted by Crippen LogP contribution is 2.31. The highest BCUT2D eigenvalue weighted by molar-refractivity contribution is 5.94. The molecular formula is C25H32N6O2. The second kappa shape index (κ2) is 8.68. The van der Waals surface area contributed by atoms with E-state index in [-0.39, 0.29) is 12.1 Å². The zero-order chi connectivity index (χ0) is 23.1. The quantitative estimate of drug-likeness (QED) is 0.410. The summed E-state index contributed by atoms with van der Waals surface area (Å²) in [6, 6.07) is 12.7. The molecule has 2 aromatic carbocycles. The average Bonchev–Trinajstić information content (AvgIpc) is 3.42. The standard InChI is InChI=1S/C25H32N6O2/c1-14(2)20(26)11-18-12-31(15(3)13-33-18)16-5-7-22-23(9-16)28-25(27-22)24-19-10-17(32-4)6-8-21(19)29-30-24/h5-10,14-15,18,20H,11-13,26H2,1-4H3,(H,27,28)(H,29,30). The van der Waals surface area contributed by atoms with Gasteiger partial charge in [0.15, 0.2) is 5.82 Å². The number of nitrogens with zero attached hydrogens (tertiary/aromatic N) is 3. The second-order valence-electron chi connectivity index (χ2n) is 9.37. The molecule has 1 saturated heterocycles. The van der Waals surface area contributed by atoms with E-state index in [1.54, 1.807) is 7.11 Å². The molecule has 3 unspecified atom stereocenters. The van der Waals surface area contributed by atoms with Gasteiger partial charge in [-0.3, -0.25) is 5.10 Å². The van der Waals surface area contributed by atoms with Crippen molar-refractivity contribution in [1.82, 2.24) is 20.2 Å². The van der Waals surface area contributed by atoms with Crippen molar-refractivity contribution in [3.63, 3.8) is 0 Å². The first-order chi connectivity index (χ1) is 15.9. The molecule has 33 heavy (non-hydrogen) atoms. The van der Waals surface area contributed by atoms with E-state index in [2.05, 4.69) is 59.1 Å². The summed E-state index contributed by atoms with van der Waals surface area (Å²) in [5.74, 6) is 1.97. The summed E-state index contributed by atoms with van der Waals surface area (Å²) in [7, 11) is 1.66. The summed E-state index contributed by atoms with van der Waals surface area (Å²) < 4.78 is 11.5. The van der Waals surface area contributed by atoms with Gasteiger partial charge in [0.2, 0.25) is 0 Å². The van der Waals surface area contributed by atoms with Crippen molar-refractivity contribution in [3.05, 3.63) is 36.4 Å². The molecule has 0 spiro atoms. The molecule has 1 fully saturated rings. The number of fused-ring (bicyclic) bond motifs is 2. The lowest BCUT2D eigenvalue weighted by atomic mass is 9.97. The Morgan fingerprint density at radius 3 is 2.85 bits per heavy atom. The van der Waals surface area contributed by atoms with Gasteiger partial charge in [-0.05, 0) is 55.7 Å². The smallest absolute Gasteiger partial charge is 0.159 e. The maximum absolute atomic E-state index is 6.32. The first-order valence-corrected chi connectivity index (χ1v) is 11.6. The first kappa shape index (κ1) is 21.7. The third-order valence-corrected chi connectivity index (χ3v) is 6.69. The summed E-state index contributed by atoms with van der Waals surface area (Å²) in [5.41, 5.74) is 11.1. The van der Waals surface area contributed by atoms with Crippen LogP contribution in [0.1, 0.15) is 27.2 Å². The zero-order valence-corrected chi connectivity index (χ0v) is 19.6. The molecule has 0 saturated carbocycles. The van der Waals surface area contributed by atoms with Gasteiger partial charge in [-0.15, -0.1) is 0 Å². The van der Waals surface area contributed by atoms with Crippen LogP contribution in [-0.4, -0.2) is 58.6 Å². The van der Waals surface area contributed by atoms with Gasteiger partial charge in [0.1, 0.15) is 11.4 Å². The van der Waals surface area contributed by atoms with Gasteiger partial charge in [-0.25, -0.2) is 4.98 Å². The number of H-pyrrole nitrogens is 2. The number of aromatic amines is 2. The van der Waals surface area contributed by atoms with Gasteiger partial charge in [0.25, 0.3) is 0 Å². The topological polar surface area (TPSA) is 105 Å². The summed E-state index contributed by atoms with van der Waals surface area (Å²) in [5, 5.41) is 8.55. The fourth-order valence-electron chi connectivity index (χ4n) is 4.48. The number of methoxy groups -OCH3 is 1. The lowest BCUT2D eigenvalue weighted by Gasteiger charge is -2.40. The first-order valence-electron chi connectivity index (χ1n) is 11.6. The number of aromatic nitrogens is 4. The number of nitrogens with one attached hydrogen (secondary N) is 2. The minimum absolute atomic E-state index is 0.136. The highest BCUT2D eigenvalue weighted by Gasteiger charge is 2.28.